The Labute approximate surface area is 124 Å². The van der Waals surface area contributed by atoms with Crippen LogP contribution in [0.3, 0.4) is 0 Å². The summed E-state index contributed by atoms with van der Waals surface area (Å²) in [5.41, 5.74) is 0. The molecule has 0 aliphatic carbocycles. The van der Waals surface area contributed by atoms with Gasteiger partial charge in [-0.25, -0.2) is 9.59 Å². The first-order chi connectivity index (χ1) is 9.54. The number of hydrogen-bond donors (Lipinski definition) is 3. The number of hydrogen-bond acceptors (Lipinski definition) is 4. The molecule has 6 nitrogen and oxygen atoms in total. The molecule has 7 heteroatoms. The molecular weight excluding hydrogens is 280 g/mol. The lowest BCUT2D eigenvalue weighted by Crippen LogP contribution is -2.50. The van der Waals surface area contributed by atoms with Crippen LogP contribution in [0, 0.1) is 5.92 Å². The van der Waals surface area contributed by atoms with E-state index in [9.17, 15) is 9.59 Å². The van der Waals surface area contributed by atoms with E-state index in [1.807, 2.05) is 13.2 Å². The zero-order valence-corrected chi connectivity index (χ0v) is 12.9. The third kappa shape index (κ3) is 6.00. The number of aliphatic carboxylic acids is 1. The Morgan fingerprint density at radius 2 is 2.00 bits per heavy atom. The van der Waals surface area contributed by atoms with E-state index in [1.54, 1.807) is 11.8 Å². The molecule has 0 spiro atoms. The second-order valence-electron chi connectivity index (χ2n) is 5.03. The second kappa shape index (κ2) is 9.07. The molecule has 0 aromatic carbocycles. The molecule has 1 saturated heterocycles. The van der Waals surface area contributed by atoms with E-state index in [4.69, 9.17) is 9.84 Å². The van der Waals surface area contributed by atoms with Crippen LogP contribution in [0.15, 0.2) is 0 Å². The first-order valence-electron chi connectivity index (χ1n) is 6.91. The molecule has 1 heterocycles. The van der Waals surface area contributed by atoms with E-state index in [2.05, 4.69) is 10.6 Å². The minimum absolute atomic E-state index is 0.0221. The fourth-order valence-electron chi connectivity index (χ4n) is 2.23. The Bertz CT molecular complexity index is 321. The average molecular weight is 304 g/mol. The highest BCUT2D eigenvalue weighted by molar-refractivity contribution is 7.98. The van der Waals surface area contributed by atoms with Crippen molar-refractivity contribution in [3.63, 3.8) is 0 Å². The van der Waals surface area contributed by atoms with Crippen LogP contribution in [-0.4, -0.2) is 54.4 Å². The number of carbonyl (C=O) groups excluding carboxylic acids is 1. The Kier molecular flexibility index (Phi) is 7.76. The smallest absolute Gasteiger partial charge is 0.326 e. The number of amides is 2. The SMILES string of the molecule is CSCC[C@@H](NC(=O)NC(C)C1CCOCC1)C(=O)O. The Balaban J connectivity index is 2.37. The van der Waals surface area contributed by atoms with Gasteiger partial charge in [0.15, 0.2) is 0 Å². The van der Waals surface area contributed by atoms with Crippen LogP contribution < -0.4 is 10.6 Å². The second-order valence-corrected chi connectivity index (χ2v) is 6.01. The van der Waals surface area contributed by atoms with E-state index in [1.165, 1.54) is 0 Å². The summed E-state index contributed by atoms with van der Waals surface area (Å²) in [7, 11) is 0. The van der Waals surface area contributed by atoms with Gasteiger partial charge in [0.1, 0.15) is 6.04 Å². The summed E-state index contributed by atoms with van der Waals surface area (Å²) in [6, 6.07) is -1.21. The number of ether oxygens (including phenoxy) is 1. The molecule has 0 aromatic heterocycles. The van der Waals surface area contributed by atoms with Crippen LogP contribution >= 0.6 is 11.8 Å². The summed E-state index contributed by atoms with van der Waals surface area (Å²) in [4.78, 5) is 22.9. The lowest BCUT2D eigenvalue weighted by Gasteiger charge is -2.28. The summed E-state index contributed by atoms with van der Waals surface area (Å²) in [5, 5.41) is 14.4. The van der Waals surface area contributed by atoms with Crippen molar-refractivity contribution in [1.82, 2.24) is 10.6 Å². The van der Waals surface area contributed by atoms with E-state index < -0.39 is 18.0 Å². The monoisotopic (exact) mass is 304 g/mol. The highest BCUT2D eigenvalue weighted by atomic mass is 32.2. The van der Waals surface area contributed by atoms with Crippen LogP contribution in [0.1, 0.15) is 26.2 Å². The van der Waals surface area contributed by atoms with E-state index in [0.29, 0.717) is 18.1 Å². The molecule has 2 amide bonds. The van der Waals surface area contributed by atoms with Crippen molar-refractivity contribution < 1.29 is 19.4 Å². The van der Waals surface area contributed by atoms with Crippen molar-refractivity contribution in [3.05, 3.63) is 0 Å². The van der Waals surface area contributed by atoms with Crippen molar-refractivity contribution in [2.24, 2.45) is 5.92 Å². The molecule has 0 aromatic rings. The van der Waals surface area contributed by atoms with Crippen LogP contribution in [-0.2, 0) is 9.53 Å². The van der Waals surface area contributed by atoms with Gasteiger partial charge in [-0.3, -0.25) is 0 Å². The highest BCUT2D eigenvalue weighted by Gasteiger charge is 2.24. The maximum absolute atomic E-state index is 11.9. The maximum Gasteiger partial charge on any atom is 0.326 e. The van der Waals surface area contributed by atoms with Gasteiger partial charge in [0.25, 0.3) is 0 Å². The lowest BCUT2D eigenvalue weighted by molar-refractivity contribution is -0.139. The van der Waals surface area contributed by atoms with Gasteiger partial charge in [-0.2, -0.15) is 11.8 Å². The average Bonchev–Trinajstić information content (AvgIpc) is 2.44. The third-order valence-electron chi connectivity index (χ3n) is 3.55. The van der Waals surface area contributed by atoms with Crippen molar-refractivity contribution >= 4 is 23.8 Å². The van der Waals surface area contributed by atoms with E-state index in [-0.39, 0.29) is 6.04 Å². The quantitative estimate of drug-likeness (QED) is 0.660. The standard InChI is InChI=1S/C13H24N2O4S/c1-9(10-3-6-19-7-4-10)14-13(18)15-11(12(16)17)5-8-20-2/h9-11H,3-8H2,1-2H3,(H,16,17)(H2,14,15,18)/t9?,11-/m1/s1. The molecule has 0 radical (unpaired) electrons. The van der Waals surface area contributed by atoms with Crippen molar-refractivity contribution in [1.29, 1.82) is 0 Å². The number of nitrogens with one attached hydrogen (secondary N) is 2. The lowest BCUT2D eigenvalue weighted by atomic mass is 9.93. The maximum atomic E-state index is 11.9. The molecule has 1 fully saturated rings. The molecule has 3 N–H and O–H groups in total. The van der Waals surface area contributed by atoms with Gasteiger partial charge in [-0.15, -0.1) is 0 Å². The Hall–Kier alpha value is -0.950. The zero-order chi connectivity index (χ0) is 15.0. The van der Waals surface area contributed by atoms with Gasteiger partial charge in [0, 0.05) is 19.3 Å². The fraction of sp³-hybridized carbons (Fsp3) is 0.846. The summed E-state index contributed by atoms with van der Waals surface area (Å²) in [6.45, 7) is 3.40. The van der Waals surface area contributed by atoms with E-state index in [0.717, 1.165) is 26.1 Å². The first-order valence-corrected chi connectivity index (χ1v) is 8.30. The van der Waals surface area contributed by atoms with Gasteiger partial charge in [0.05, 0.1) is 0 Å². The van der Waals surface area contributed by atoms with Crippen molar-refractivity contribution in [2.45, 2.75) is 38.3 Å². The summed E-state index contributed by atoms with van der Waals surface area (Å²) in [6.07, 6.45) is 4.19. The highest BCUT2D eigenvalue weighted by Crippen LogP contribution is 2.18. The van der Waals surface area contributed by atoms with Crippen LogP contribution in [0.4, 0.5) is 4.79 Å². The number of carbonyl (C=O) groups is 2. The predicted octanol–water partition coefficient (Wildman–Crippen LogP) is 1.31. The molecule has 1 aliphatic rings. The molecule has 2 atom stereocenters. The summed E-state index contributed by atoms with van der Waals surface area (Å²) in [5.74, 6) is 0.101. The Morgan fingerprint density at radius 1 is 1.35 bits per heavy atom. The third-order valence-corrected chi connectivity index (χ3v) is 4.19. The normalized spacial score (nSPS) is 19.1. The van der Waals surface area contributed by atoms with Crippen LogP contribution in [0.5, 0.6) is 0 Å². The van der Waals surface area contributed by atoms with Crippen LogP contribution in [0.2, 0.25) is 0 Å². The molecule has 1 rings (SSSR count). The molecule has 0 bridgehead atoms. The van der Waals surface area contributed by atoms with Crippen molar-refractivity contribution in [2.75, 3.05) is 25.2 Å². The molecule has 116 valence electrons. The van der Waals surface area contributed by atoms with Gasteiger partial charge >= 0.3 is 12.0 Å². The number of carboxylic acid groups (broad SMARTS) is 1. The van der Waals surface area contributed by atoms with Gasteiger partial charge in [-0.1, -0.05) is 0 Å². The number of urea groups is 1. The number of thioether (sulfide) groups is 1. The number of carboxylic acids is 1. The summed E-state index contributed by atoms with van der Waals surface area (Å²) >= 11 is 1.56. The molecular formula is C13H24N2O4S. The zero-order valence-electron chi connectivity index (χ0n) is 12.1. The molecule has 1 aliphatic heterocycles. The van der Waals surface area contributed by atoms with E-state index >= 15 is 0 Å². The van der Waals surface area contributed by atoms with Crippen LogP contribution in [0.25, 0.3) is 0 Å². The van der Waals surface area contributed by atoms with Gasteiger partial charge in [0.2, 0.25) is 0 Å². The van der Waals surface area contributed by atoms with Gasteiger partial charge < -0.3 is 20.5 Å². The minimum atomic E-state index is -0.993. The summed E-state index contributed by atoms with van der Waals surface area (Å²) < 4.78 is 5.29. The fourth-order valence-corrected chi connectivity index (χ4v) is 2.70. The first kappa shape index (κ1) is 17.1. The largest absolute Gasteiger partial charge is 0.480 e. The van der Waals surface area contributed by atoms with Gasteiger partial charge in [-0.05, 0) is 44.1 Å². The predicted molar refractivity (Wildman–Crippen MR) is 79.1 cm³/mol. The molecule has 1 unspecified atom stereocenters. The number of rotatable bonds is 7. The van der Waals surface area contributed by atoms with Crippen molar-refractivity contribution in [3.8, 4) is 0 Å². The topological polar surface area (TPSA) is 87.7 Å². The minimum Gasteiger partial charge on any atom is -0.480 e. The Morgan fingerprint density at radius 3 is 2.55 bits per heavy atom. The molecule has 20 heavy (non-hydrogen) atoms. The molecule has 0 saturated carbocycles.